The van der Waals surface area contributed by atoms with Crippen LogP contribution in [0.3, 0.4) is 0 Å². The molecule has 20 heavy (non-hydrogen) atoms. The van der Waals surface area contributed by atoms with E-state index in [0.717, 1.165) is 18.7 Å². The molecule has 0 amide bonds. The molecule has 4 heteroatoms. The van der Waals surface area contributed by atoms with E-state index in [9.17, 15) is 0 Å². The summed E-state index contributed by atoms with van der Waals surface area (Å²) in [5, 5.41) is 1.18. The van der Waals surface area contributed by atoms with Crippen molar-refractivity contribution in [1.82, 2.24) is 0 Å². The first-order valence-electron chi connectivity index (χ1n) is 6.59. The van der Waals surface area contributed by atoms with Crippen molar-refractivity contribution >= 4 is 28.9 Å². The van der Waals surface area contributed by atoms with Gasteiger partial charge in [0.15, 0.2) is 0 Å². The largest absolute Gasteiger partial charge is 0.365 e. The zero-order chi connectivity index (χ0) is 14.3. The maximum absolute atomic E-state index is 6.22. The Morgan fingerprint density at radius 3 is 2.70 bits per heavy atom. The molecule has 2 aromatic rings. The topological polar surface area (TPSA) is 29.3 Å². The van der Waals surface area contributed by atoms with Gasteiger partial charge in [-0.15, -0.1) is 0 Å². The van der Waals surface area contributed by atoms with Crippen LogP contribution in [0.25, 0.3) is 0 Å². The third-order valence-electron chi connectivity index (χ3n) is 3.70. The van der Waals surface area contributed by atoms with E-state index < -0.39 is 0 Å². The van der Waals surface area contributed by atoms with Crippen LogP contribution in [0.4, 0.5) is 5.69 Å². The van der Waals surface area contributed by atoms with E-state index in [0.29, 0.717) is 10.0 Å². The smallest absolute Gasteiger partial charge is 0.0595 e. The van der Waals surface area contributed by atoms with Gasteiger partial charge in [0.1, 0.15) is 0 Å². The van der Waals surface area contributed by atoms with Gasteiger partial charge in [0.05, 0.1) is 10.0 Å². The van der Waals surface area contributed by atoms with Gasteiger partial charge in [-0.1, -0.05) is 47.0 Å². The maximum Gasteiger partial charge on any atom is 0.0595 e. The first kappa shape index (κ1) is 13.7. The van der Waals surface area contributed by atoms with Crippen LogP contribution < -0.4 is 10.6 Å². The van der Waals surface area contributed by atoms with Gasteiger partial charge < -0.3 is 10.6 Å². The van der Waals surface area contributed by atoms with Gasteiger partial charge in [-0.3, -0.25) is 0 Å². The Morgan fingerprint density at radius 2 is 1.95 bits per heavy atom. The Kier molecular flexibility index (Phi) is 3.63. The molecule has 2 aromatic carbocycles. The minimum Gasteiger partial charge on any atom is -0.365 e. The van der Waals surface area contributed by atoms with Crippen LogP contribution in [0.1, 0.15) is 22.7 Å². The molecule has 3 rings (SSSR count). The predicted molar refractivity (Wildman–Crippen MR) is 85.6 cm³/mol. The van der Waals surface area contributed by atoms with E-state index in [4.69, 9.17) is 28.9 Å². The molecule has 0 aromatic heterocycles. The molecule has 2 N–H and O–H groups in total. The van der Waals surface area contributed by atoms with E-state index in [1.165, 1.54) is 16.8 Å². The number of nitrogens with two attached hydrogens (primary N) is 1. The highest BCUT2D eigenvalue weighted by atomic mass is 35.5. The third-order valence-corrected chi connectivity index (χ3v) is 4.44. The van der Waals surface area contributed by atoms with Gasteiger partial charge in [0, 0.05) is 24.8 Å². The second-order valence-corrected chi connectivity index (χ2v) is 6.11. The lowest BCUT2D eigenvalue weighted by Gasteiger charge is -2.20. The molecule has 0 bridgehead atoms. The maximum atomic E-state index is 6.22. The molecule has 0 saturated carbocycles. The zero-order valence-electron chi connectivity index (χ0n) is 11.2. The summed E-state index contributed by atoms with van der Waals surface area (Å²) in [4.78, 5) is 2.29. The van der Waals surface area contributed by atoms with Crippen molar-refractivity contribution in [3.63, 3.8) is 0 Å². The molecule has 2 nitrogen and oxygen atoms in total. The average Bonchev–Trinajstić information content (AvgIpc) is 2.70. The van der Waals surface area contributed by atoms with Crippen molar-refractivity contribution in [1.29, 1.82) is 0 Å². The zero-order valence-corrected chi connectivity index (χ0v) is 12.7. The van der Waals surface area contributed by atoms with E-state index in [-0.39, 0.29) is 6.04 Å². The fourth-order valence-corrected chi connectivity index (χ4v) is 3.02. The fourth-order valence-electron chi connectivity index (χ4n) is 2.70. The van der Waals surface area contributed by atoms with E-state index in [2.05, 4.69) is 30.0 Å². The highest BCUT2D eigenvalue weighted by molar-refractivity contribution is 6.42. The van der Waals surface area contributed by atoms with Crippen LogP contribution in [0.15, 0.2) is 36.4 Å². The van der Waals surface area contributed by atoms with Crippen molar-refractivity contribution in [3.8, 4) is 0 Å². The van der Waals surface area contributed by atoms with Crippen LogP contribution in [0.5, 0.6) is 0 Å². The molecular weight excluding hydrogens is 291 g/mol. The molecule has 1 heterocycles. The quantitative estimate of drug-likeness (QED) is 0.895. The molecule has 0 radical (unpaired) electrons. The van der Waals surface area contributed by atoms with Crippen LogP contribution in [-0.2, 0) is 6.54 Å². The third kappa shape index (κ3) is 2.51. The number of rotatable bonds is 2. The fraction of sp³-hybridized carbons (Fsp3) is 0.250. The van der Waals surface area contributed by atoms with Crippen LogP contribution in [-0.4, -0.2) is 6.54 Å². The Balaban J connectivity index is 1.88. The molecule has 104 valence electrons. The van der Waals surface area contributed by atoms with Crippen molar-refractivity contribution in [2.45, 2.75) is 19.5 Å². The number of anilines is 1. The molecule has 1 atom stereocenters. The van der Waals surface area contributed by atoms with Gasteiger partial charge in [-0.05, 0) is 36.2 Å². The number of fused-ring (bicyclic) bond motifs is 1. The first-order valence-corrected chi connectivity index (χ1v) is 7.35. The Hall–Kier alpha value is -1.22. The van der Waals surface area contributed by atoms with Crippen molar-refractivity contribution in [2.24, 2.45) is 5.73 Å². The van der Waals surface area contributed by atoms with Crippen LogP contribution in [0.2, 0.25) is 10.0 Å². The number of aryl methyl sites for hydroxylation is 1. The molecule has 0 unspecified atom stereocenters. The summed E-state index contributed by atoms with van der Waals surface area (Å²) in [5.74, 6) is 0. The highest BCUT2D eigenvalue weighted by Gasteiger charge is 2.25. The molecule has 0 spiro atoms. The van der Waals surface area contributed by atoms with Crippen molar-refractivity contribution < 1.29 is 0 Å². The summed E-state index contributed by atoms with van der Waals surface area (Å²) in [5.41, 5.74) is 11.1. The SMILES string of the molecule is Cc1ccc2c(c1)[C@@H](N)CN2Cc1ccc(Cl)c(Cl)c1. The lowest BCUT2D eigenvalue weighted by atomic mass is 10.1. The number of nitrogens with zero attached hydrogens (tertiary/aromatic N) is 1. The lowest BCUT2D eigenvalue weighted by molar-refractivity contribution is 0.720. The Labute approximate surface area is 129 Å². The van der Waals surface area contributed by atoms with E-state index in [1.807, 2.05) is 18.2 Å². The van der Waals surface area contributed by atoms with Gasteiger partial charge in [-0.25, -0.2) is 0 Å². The summed E-state index contributed by atoms with van der Waals surface area (Å²) in [6.45, 7) is 3.72. The summed E-state index contributed by atoms with van der Waals surface area (Å²) in [7, 11) is 0. The lowest BCUT2D eigenvalue weighted by Crippen LogP contribution is -2.23. The average molecular weight is 307 g/mol. The van der Waals surface area contributed by atoms with Crippen molar-refractivity contribution in [3.05, 3.63) is 63.1 Å². The second kappa shape index (κ2) is 5.28. The van der Waals surface area contributed by atoms with E-state index in [1.54, 1.807) is 0 Å². The number of halogens is 2. The number of benzene rings is 2. The van der Waals surface area contributed by atoms with Gasteiger partial charge in [-0.2, -0.15) is 0 Å². The standard InChI is InChI=1S/C16H16Cl2N2/c1-10-2-5-16-12(6-10)15(19)9-20(16)8-11-3-4-13(17)14(18)7-11/h2-7,15H,8-9,19H2,1H3/t15-/m0/s1. The van der Waals surface area contributed by atoms with Gasteiger partial charge >= 0.3 is 0 Å². The summed E-state index contributed by atoms with van der Waals surface area (Å²) < 4.78 is 0. The van der Waals surface area contributed by atoms with Gasteiger partial charge in [0.2, 0.25) is 0 Å². The van der Waals surface area contributed by atoms with Crippen LogP contribution in [0, 0.1) is 6.92 Å². The number of hydrogen-bond acceptors (Lipinski definition) is 2. The van der Waals surface area contributed by atoms with E-state index >= 15 is 0 Å². The molecule has 0 fully saturated rings. The number of hydrogen-bond donors (Lipinski definition) is 1. The molecule has 1 aliphatic heterocycles. The monoisotopic (exact) mass is 306 g/mol. The highest BCUT2D eigenvalue weighted by Crippen LogP contribution is 2.35. The second-order valence-electron chi connectivity index (χ2n) is 5.30. The molecule has 0 aliphatic carbocycles. The molecular formula is C16H16Cl2N2. The summed E-state index contributed by atoms with van der Waals surface area (Å²) >= 11 is 12.0. The molecule has 0 saturated heterocycles. The summed E-state index contributed by atoms with van der Waals surface area (Å²) in [6, 6.07) is 12.3. The minimum atomic E-state index is 0.0765. The van der Waals surface area contributed by atoms with Crippen LogP contribution >= 0.6 is 23.2 Å². The van der Waals surface area contributed by atoms with Crippen molar-refractivity contribution in [2.75, 3.05) is 11.4 Å². The Bertz CT molecular complexity index is 655. The van der Waals surface area contributed by atoms with Gasteiger partial charge in [0.25, 0.3) is 0 Å². The normalized spacial score (nSPS) is 17.4. The summed E-state index contributed by atoms with van der Waals surface area (Å²) in [6.07, 6.45) is 0. The molecule has 1 aliphatic rings. The first-order chi connectivity index (χ1) is 9.54. The minimum absolute atomic E-state index is 0.0765. The Morgan fingerprint density at radius 1 is 1.15 bits per heavy atom. The predicted octanol–water partition coefficient (Wildman–Crippen LogP) is 4.32.